The van der Waals surface area contributed by atoms with E-state index in [1.165, 1.54) is 0 Å². The number of carbonyl (C=O) groups excluding carboxylic acids is 2. The maximum absolute atomic E-state index is 14.1. The van der Waals surface area contributed by atoms with E-state index in [0.717, 1.165) is 16.5 Å². The summed E-state index contributed by atoms with van der Waals surface area (Å²) in [5.74, 6) is 0.0481. The molecule has 5 rings (SSSR count). The summed E-state index contributed by atoms with van der Waals surface area (Å²) >= 11 is 0. The molecule has 37 heavy (non-hydrogen) atoms. The topological polar surface area (TPSA) is 92.9 Å². The number of H-pyrrole nitrogens is 1. The zero-order valence-corrected chi connectivity index (χ0v) is 21.0. The Bertz CT molecular complexity index is 1450. The van der Waals surface area contributed by atoms with E-state index < -0.39 is 12.0 Å². The highest BCUT2D eigenvalue weighted by Crippen LogP contribution is 2.45. The van der Waals surface area contributed by atoms with Gasteiger partial charge in [0, 0.05) is 53.6 Å². The SMILES string of the molecule is COCCN1C(=O)c2ccccc2[C@@H](C(=O)Nc2ccc(OC)c(OC)c2)[C@@H]1c1c[nH]c2ccccc12. The molecule has 0 spiro atoms. The molecule has 2 heterocycles. The van der Waals surface area contributed by atoms with Crippen LogP contribution >= 0.6 is 0 Å². The molecule has 0 saturated heterocycles. The Hall–Kier alpha value is -4.30. The Morgan fingerprint density at radius 3 is 2.49 bits per heavy atom. The Balaban J connectivity index is 1.64. The second-order valence-corrected chi connectivity index (χ2v) is 8.85. The third kappa shape index (κ3) is 4.40. The van der Waals surface area contributed by atoms with Crippen molar-refractivity contribution in [2.75, 3.05) is 39.8 Å². The number of ether oxygens (including phenoxy) is 3. The van der Waals surface area contributed by atoms with Gasteiger partial charge in [-0.1, -0.05) is 36.4 Å². The summed E-state index contributed by atoms with van der Waals surface area (Å²) in [4.78, 5) is 32.9. The molecule has 2 N–H and O–H groups in total. The van der Waals surface area contributed by atoms with E-state index in [0.29, 0.717) is 41.5 Å². The molecule has 190 valence electrons. The standard InChI is InChI=1S/C29H29N3O5/c1-35-15-14-32-27(22-17-30-23-11-7-6-8-19(22)23)26(20-9-4-5-10-21(20)29(32)34)28(33)31-18-12-13-24(36-2)25(16-18)37-3/h4-13,16-17,26-27,30H,14-15H2,1-3H3,(H,31,33)/t26-,27+/m1/s1. The second-order valence-electron chi connectivity index (χ2n) is 8.85. The number of hydrogen-bond donors (Lipinski definition) is 2. The summed E-state index contributed by atoms with van der Waals surface area (Å²) in [6.07, 6.45) is 1.90. The summed E-state index contributed by atoms with van der Waals surface area (Å²) in [7, 11) is 4.71. The fourth-order valence-corrected chi connectivity index (χ4v) is 5.13. The summed E-state index contributed by atoms with van der Waals surface area (Å²) in [6, 6.07) is 19.9. The molecule has 0 bridgehead atoms. The van der Waals surface area contributed by atoms with Gasteiger partial charge in [-0.25, -0.2) is 0 Å². The molecular weight excluding hydrogens is 470 g/mol. The largest absolute Gasteiger partial charge is 0.493 e. The van der Waals surface area contributed by atoms with Gasteiger partial charge in [0.2, 0.25) is 5.91 Å². The monoisotopic (exact) mass is 499 g/mol. The Kier molecular flexibility index (Phi) is 6.83. The van der Waals surface area contributed by atoms with Crippen molar-refractivity contribution in [1.82, 2.24) is 9.88 Å². The quantitative estimate of drug-likeness (QED) is 0.365. The molecule has 0 radical (unpaired) electrons. The van der Waals surface area contributed by atoms with Crippen LogP contribution in [0.2, 0.25) is 0 Å². The first-order valence-corrected chi connectivity index (χ1v) is 12.0. The maximum Gasteiger partial charge on any atom is 0.254 e. The summed E-state index contributed by atoms with van der Waals surface area (Å²) in [6.45, 7) is 0.685. The van der Waals surface area contributed by atoms with Crippen molar-refractivity contribution in [2.45, 2.75) is 12.0 Å². The van der Waals surface area contributed by atoms with Gasteiger partial charge in [-0.05, 0) is 29.8 Å². The molecule has 3 aromatic carbocycles. The first kappa shape index (κ1) is 24.4. The van der Waals surface area contributed by atoms with Crippen LogP contribution in [0.15, 0.2) is 72.9 Å². The van der Waals surface area contributed by atoms with Crippen molar-refractivity contribution in [2.24, 2.45) is 0 Å². The average Bonchev–Trinajstić information content (AvgIpc) is 3.36. The first-order valence-electron chi connectivity index (χ1n) is 12.0. The number of fused-ring (bicyclic) bond motifs is 2. The number of nitrogens with one attached hydrogen (secondary N) is 2. The van der Waals surface area contributed by atoms with Crippen LogP contribution in [0.25, 0.3) is 10.9 Å². The van der Waals surface area contributed by atoms with Crippen LogP contribution in [0.5, 0.6) is 11.5 Å². The number of carbonyl (C=O) groups is 2. The number of anilines is 1. The molecule has 2 amide bonds. The van der Waals surface area contributed by atoms with Crippen LogP contribution in [-0.4, -0.2) is 56.2 Å². The van der Waals surface area contributed by atoms with E-state index in [1.807, 2.05) is 48.7 Å². The fraction of sp³-hybridized carbons (Fsp3) is 0.241. The van der Waals surface area contributed by atoms with Gasteiger partial charge in [-0.3, -0.25) is 9.59 Å². The number of hydrogen-bond acceptors (Lipinski definition) is 5. The third-order valence-electron chi connectivity index (χ3n) is 6.85. The number of methoxy groups -OCH3 is 3. The molecule has 8 nitrogen and oxygen atoms in total. The highest BCUT2D eigenvalue weighted by Gasteiger charge is 2.44. The molecule has 0 saturated carbocycles. The molecule has 1 aromatic heterocycles. The van der Waals surface area contributed by atoms with Crippen LogP contribution < -0.4 is 14.8 Å². The minimum absolute atomic E-state index is 0.127. The lowest BCUT2D eigenvalue weighted by Gasteiger charge is -2.41. The van der Waals surface area contributed by atoms with Crippen molar-refractivity contribution >= 4 is 28.4 Å². The molecule has 0 unspecified atom stereocenters. The Morgan fingerprint density at radius 2 is 1.70 bits per heavy atom. The smallest absolute Gasteiger partial charge is 0.254 e. The van der Waals surface area contributed by atoms with Gasteiger partial charge in [-0.15, -0.1) is 0 Å². The minimum Gasteiger partial charge on any atom is -0.493 e. The zero-order chi connectivity index (χ0) is 25.9. The first-order chi connectivity index (χ1) is 18.1. The van der Waals surface area contributed by atoms with E-state index in [1.54, 1.807) is 50.5 Å². The molecule has 4 aromatic rings. The van der Waals surface area contributed by atoms with E-state index in [2.05, 4.69) is 10.3 Å². The summed E-state index contributed by atoms with van der Waals surface area (Å²) in [5.41, 5.74) is 3.59. The number of para-hydroxylation sites is 1. The number of nitrogens with zero attached hydrogens (tertiary/aromatic N) is 1. The van der Waals surface area contributed by atoms with Crippen LogP contribution in [-0.2, 0) is 9.53 Å². The van der Waals surface area contributed by atoms with Gasteiger partial charge in [0.25, 0.3) is 5.91 Å². The normalized spacial score (nSPS) is 16.9. The molecule has 0 fully saturated rings. The maximum atomic E-state index is 14.1. The number of aromatic amines is 1. The predicted octanol–water partition coefficient (Wildman–Crippen LogP) is 4.75. The minimum atomic E-state index is -0.668. The van der Waals surface area contributed by atoms with Crippen molar-refractivity contribution in [3.63, 3.8) is 0 Å². The predicted molar refractivity (Wildman–Crippen MR) is 141 cm³/mol. The van der Waals surface area contributed by atoms with Crippen molar-refractivity contribution < 1.29 is 23.8 Å². The van der Waals surface area contributed by atoms with Gasteiger partial charge in [0.05, 0.1) is 32.8 Å². The van der Waals surface area contributed by atoms with Crippen molar-refractivity contribution in [3.05, 3.63) is 89.6 Å². The van der Waals surface area contributed by atoms with E-state index >= 15 is 0 Å². The molecule has 2 atom stereocenters. The van der Waals surface area contributed by atoms with Gasteiger partial charge >= 0.3 is 0 Å². The van der Waals surface area contributed by atoms with Gasteiger partial charge in [0.1, 0.15) is 0 Å². The van der Waals surface area contributed by atoms with Gasteiger partial charge in [-0.2, -0.15) is 0 Å². The lowest BCUT2D eigenvalue weighted by Crippen LogP contribution is -2.47. The fourth-order valence-electron chi connectivity index (χ4n) is 5.13. The van der Waals surface area contributed by atoms with Crippen LogP contribution in [0.1, 0.15) is 33.4 Å². The highest BCUT2D eigenvalue weighted by atomic mass is 16.5. The number of aromatic nitrogens is 1. The van der Waals surface area contributed by atoms with E-state index in [-0.39, 0.29) is 11.8 Å². The van der Waals surface area contributed by atoms with Crippen LogP contribution in [0, 0.1) is 0 Å². The highest BCUT2D eigenvalue weighted by molar-refractivity contribution is 6.05. The van der Waals surface area contributed by atoms with E-state index in [9.17, 15) is 9.59 Å². The molecular formula is C29H29N3O5. The average molecular weight is 500 g/mol. The molecule has 8 heteroatoms. The lowest BCUT2D eigenvalue weighted by atomic mass is 9.79. The number of benzene rings is 3. The van der Waals surface area contributed by atoms with Crippen LogP contribution in [0.4, 0.5) is 5.69 Å². The second kappa shape index (κ2) is 10.4. The molecule has 1 aliphatic rings. The summed E-state index contributed by atoms with van der Waals surface area (Å²) in [5, 5.41) is 4.02. The van der Waals surface area contributed by atoms with Gasteiger partial charge in [0.15, 0.2) is 11.5 Å². The van der Waals surface area contributed by atoms with Gasteiger partial charge < -0.3 is 29.4 Å². The Labute approximate surface area is 215 Å². The van der Waals surface area contributed by atoms with Crippen LogP contribution in [0.3, 0.4) is 0 Å². The lowest BCUT2D eigenvalue weighted by molar-refractivity contribution is -0.119. The number of amides is 2. The molecule has 1 aliphatic heterocycles. The van der Waals surface area contributed by atoms with Crippen molar-refractivity contribution in [3.8, 4) is 11.5 Å². The van der Waals surface area contributed by atoms with E-state index in [4.69, 9.17) is 14.2 Å². The Morgan fingerprint density at radius 1 is 0.946 bits per heavy atom. The van der Waals surface area contributed by atoms with Crippen molar-refractivity contribution in [1.29, 1.82) is 0 Å². The third-order valence-corrected chi connectivity index (χ3v) is 6.85. The molecule has 0 aliphatic carbocycles. The zero-order valence-electron chi connectivity index (χ0n) is 21.0. The summed E-state index contributed by atoms with van der Waals surface area (Å²) < 4.78 is 16.1. The number of rotatable bonds is 8.